The van der Waals surface area contributed by atoms with Gasteiger partial charge in [0.1, 0.15) is 11.4 Å². The van der Waals surface area contributed by atoms with E-state index in [1.54, 1.807) is 0 Å². The summed E-state index contributed by atoms with van der Waals surface area (Å²) in [5.74, 6) is -1.20. The number of methoxy groups -OCH3 is 1. The van der Waals surface area contributed by atoms with Crippen molar-refractivity contribution in [2.24, 2.45) is 0 Å². The molecule has 0 unspecified atom stereocenters. The highest BCUT2D eigenvalue weighted by atomic mass is 19.1. The van der Waals surface area contributed by atoms with Gasteiger partial charge in [-0.15, -0.1) is 4.80 Å². The van der Waals surface area contributed by atoms with Crippen LogP contribution >= 0.6 is 0 Å². The lowest BCUT2D eigenvalue weighted by Crippen LogP contribution is -2.12. The third-order valence-electron chi connectivity index (χ3n) is 1.85. The van der Waals surface area contributed by atoms with Gasteiger partial charge in [-0.1, -0.05) is 0 Å². The molecule has 0 aliphatic carbocycles. The highest BCUT2D eigenvalue weighted by Crippen LogP contribution is 2.12. The Morgan fingerprint density at radius 3 is 2.75 bits per heavy atom. The quantitative estimate of drug-likeness (QED) is 0.695. The SMILES string of the molecule is COC(=O)c1cc(F)cnc1-n1nccn1. The molecular formula is C9H7FN4O2. The summed E-state index contributed by atoms with van der Waals surface area (Å²) in [5, 5.41) is 7.61. The molecule has 2 aromatic rings. The molecule has 0 radical (unpaired) electrons. The minimum absolute atomic E-state index is 0.0290. The van der Waals surface area contributed by atoms with E-state index in [0.717, 1.165) is 17.1 Å². The van der Waals surface area contributed by atoms with Crippen molar-refractivity contribution in [2.45, 2.75) is 0 Å². The van der Waals surface area contributed by atoms with Crippen LogP contribution in [0.5, 0.6) is 0 Å². The van der Waals surface area contributed by atoms with Gasteiger partial charge in [0.15, 0.2) is 5.82 Å². The average molecular weight is 222 g/mol. The Hall–Kier alpha value is -2.31. The second-order valence-corrected chi connectivity index (χ2v) is 2.83. The normalized spacial score (nSPS) is 10.1. The summed E-state index contributed by atoms with van der Waals surface area (Å²) in [4.78, 5) is 16.3. The third kappa shape index (κ3) is 1.74. The Morgan fingerprint density at radius 2 is 2.12 bits per heavy atom. The zero-order valence-corrected chi connectivity index (χ0v) is 8.29. The van der Waals surface area contributed by atoms with E-state index in [4.69, 9.17) is 0 Å². The van der Waals surface area contributed by atoms with Crippen molar-refractivity contribution < 1.29 is 13.9 Å². The maximum absolute atomic E-state index is 13.0. The second-order valence-electron chi connectivity index (χ2n) is 2.83. The van der Waals surface area contributed by atoms with Crippen LogP contribution in [0, 0.1) is 5.82 Å². The van der Waals surface area contributed by atoms with Crippen molar-refractivity contribution in [3.8, 4) is 5.82 Å². The molecule has 0 saturated heterocycles. The maximum atomic E-state index is 13.0. The number of aromatic nitrogens is 4. The van der Waals surface area contributed by atoms with Gasteiger partial charge in [-0.05, 0) is 6.07 Å². The van der Waals surface area contributed by atoms with Crippen LogP contribution < -0.4 is 0 Å². The summed E-state index contributed by atoms with van der Waals surface area (Å²) in [5.41, 5.74) is -0.0290. The average Bonchev–Trinajstić information content (AvgIpc) is 2.81. The molecule has 82 valence electrons. The van der Waals surface area contributed by atoms with E-state index in [1.807, 2.05) is 0 Å². The molecule has 6 nitrogen and oxygen atoms in total. The van der Waals surface area contributed by atoms with Crippen LogP contribution in [0.2, 0.25) is 0 Å². The highest BCUT2D eigenvalue weighted by Gasteiger charge is 2.16. The fraction of sp³-hybridized carbons (Fsp3) is 0.111. The first-order chi connectivity index (χ1) is 7.72. The number of hydrogen-bond donors (Lipinski definition) is 0. The molecule has 0 aliphatic rings. The second kappa shape index (κ2) is 4.05. The fourth-order valence-electron chi connectivity index (χ4n) is 1.18. The summed E-state index contributed by atoms with van der Waals surface area (Å²) in [6.07, 6.45) is 3.82. The first kappa shape index (κ1) is 10.2. The fourth-order valence-corrected chi connectivity index (χ4v) is 1.18. The molecule has 0 amide bonds. The minimum atomic E-state index is -0.695. The molecule has 0 spiro atoms. The predicted octanol–water partition coefficient (Wildman–Crippen LogP) is 0.588. The van der Waals surface area contributed by atoms with Gasteiger partial charge in [0, 0.05) is 0 Å². The van der Waals surface area contributed by atoms with E-state index in [9.17, 15) is 9.18 Å². The van der Waals surface area contributed by atoms with E-state index >= 15 is 0 Å². The molecule has 0 aromatic carbocycles. The smallest absolute Gasteiger partial charge is 0.341 e. The topological polar surface area (TPSA) is 69.9 Å². The van der Waals surface area contributed by atoms with Crippen LogP contribution in [0.25, 0.3) is 5.82 Å². The van der Waals surface area contributed by atoms with Gasteiger partial charge >= 0.3 is 5.97 Å². The molecule has 2 heterocycles. The lowest BCUT2D eigenvalue weighted by molar-refractivity contribution is 0.0599. The van der Waals surface area contributed by atoms with Crippen LogP contribution in [0.15, 0.2) is 24.7 Å². The molecule has 0 N–H and O–H groups in total. The number of carbonyl (C=O) groups excluding carboxylic acids is 1. The van der Waals surface area contributed by atoms with Crippen molar-refractivity contribution >= 4 is 5.97 Å². The third-order valence-corrected chi connectivity index (χ3v) is 1.85. The number of esters is 1. The van der Waals surface area contributed by atoms with Crippen LogP contribution in [0.3, 0.4) is 0 Å². The predicted molar refractivity (Wildman–Crippen MR) is 50.5 cm³/mol. The number of nitrogens with zero attached hydrogens (tertiary/aromatic N) is 4. The molecule has 0 atom stereocenters. The molecule has 0 saturated carbocycles. The number of ether oxygens (including phenoxy) is 1. The number of rotatable bonds is 2. The molecule has 0 fully saturated rings. The van der Waals surface area contributed by atoms with E-state index in [-0.39, 0.29) is 11.4 Å². The molecular weight excluding hydrogens is 215 g/mol. The number of hydrogen-bond acceptors (Lipinski definition) is 5. The summed E-state index contributed by atoms with van der Waals surface area (Å²) < 4.78 is 17.5. The van der Waals surface area contributed by atoms with Gasteiger partial charge in [0.2, 0.25) is 0 Å². The van der Waals surface area contributed by atoms with Crippen molar-refractivity contribution in [3.05, 3.63) is 36.0 Å². The molecule has 2 aromatic heterocycles. The molecule has 2 rings (SSSR count). The summed E-state index contributed by atoms with van der Waals surface area (Å²) in [6.45, 7) is 0. The van der Waals surface area contributed by atoms with E-state index in [1.165, 1.54) is 19.5 Å². The standard InChI is InChI=1S/C9H7FN4O2/c1-16-9(15)7-4-6(10)5-11-8(7)14-12-2-3-13-14/h2-5H,1H3. The first-order valence-corrected chi connectivity index (χ1v) is 4.33. The van der Waals surface area contributed by atoms with E-state index in [0.29, 0.717) is 0 Å². The van der Waals surface area contributed by atoms with Gasteiger partial charge in [0.05, 0.1) is 25.7 Å². The Bertz CT molecular complexity index is 512. The summed E-state index contributed by atoms with van der Waals surface area (Å²) in [7, 11) is 1.20. The maximum Gasteiger partial charge on any atom is 0.341 e. The lowest BCUT2D eigenvalue weighted by Gasteiger charge is -2.05. The largest absolute Gasteiger partial charge is 0.465 e. The lowest BCUT2D eigenvalue weighted by atomic mass is 10.2. The molecule has 16 heavy (non-hydrogen) atoms. The van der Waals surface area contributed by atoms with Crippen LogP contribution in [0.4, 0.5) is 4.39 Å². The van der Waals surface area contributed by atoms with Crippen LogP contribution in [-0.2, 0) is 4.74 Å². The Balaban J connectivity index is 2.57. The molecule has 0 aliphatic heterocycles. The van der Waals surface area contributed by atoms with Crippen molar-refractivity contribution in [3.63, 3.8) is 0 Å². The van der Waals surface area contributed by atoms with Gasteiger partial charge < -0.3 is 4.74 Å². The minimum Gasteiger partial charge on any atom is -0.465 e. The van der Waals surface area contributed by atoms with Gasteiger partial charge in [-0.25, -0.2) is 14.2 Å². The number of halogens is 1. The van der Waals surface area contributed by atoms with Crippen molar-refractivity contribution in [2.75, 3.05) is 7.11 Å². The first-order valence-electron chi connectivity index (χ1n) is 4.33. The van der Waals surface area contributed by atoms with Crippen LogP contribution in [-0.4, -0.2) is 33.1 Å². The number of pyridine rings is 1. The Morgan fingerprint density at radius 1 is 1.44 bits per heavy atom. The summed E-state index contributed by atoms with van der Waals surface area (Å²) >= 11 is 0. The van der Waals surface area contributed by atoms with Gasteiger partial charge in [-0.3, -0.25) is 0 Å². The zero-order valence-electron chi connectivity index (χ0n) is 8.29. The van der Waals surface area contributed by atoms with Crippen molar-refractivity contribution in [1.29, 1.82) is 0 Å². The zero-order chi connectivity index (χ0) is 11.5. The van der Waals surface area contributed by atoms with Crippen molar-refractivity contribution in [1.82, 2.24) is 20.0 Å². The molecule has 0 bridgehead atoms. The highest BCUT2D eigenvalue weighted by molar-refractivity contribution is 5.92. The molecule has 7 heteroatoms. The van der Waals surface area contributed by atoms with E-state index in [2.05, 4.69) is 19.9 Å². The van der Waals surface area contributed by atoms with Gasteiger partial charge in [-0.2, -0.15) is 10.2 Å². The Labute approximate surface area is 89.7 Å². The summed E-state index contributed by atoms with van der Waals surface area (Å²) in [6, 6.07) is 1.03. The van der Waals surface area contributed by atoms with Gasteiger partial charge in [0.25, 0.3) is 0 Å². The van der Waals surface area contributed by atoms with Crippen LogP contribution in [0.1, 0.15) is 10.4 Å². The number of carbonyl (C=O) groups is 1. The Kier molecular flexibility index (Phi) is 2.59. The monoisotopic (exact) mass is 222 g/mol. The van der Waals surface area contributed by atoms with E-state index < -0.39 is 11.8 Å².